The van der Waals surface area contributed by atoms with E-state index in [1.807, 2.05) is 18.2 Å². The third-order valence-electron chi connectivity index (χ3n) is 5.95. The fourth-order valence-corrected chi connectivity index (χ4v) is 4.42. The lowest BCUT2D eigenvalue weighted by molar-refractivity contribution is 1.25. The molecule has 3 nitrogen and oxygen atoms in total. The van der Waals surface area contributed by atoms with Crippen LogP contribution < -0.4 is 5.73 Å². The van der Waals surface area contributed by atoms with Gasteiger partial charge in [0.25, 0.3) is 0 Å². The summed E-state index contributed by atoms with van der Waals surface area (Å²) >= 11 is 0. The number of nitrogens with zero attached hydrogens (tertiary/aromatic N) is 2. The van der Waals surface area contributed by atoms with Crippen LogP contribution in [0.3, 0.4) is 0 Å². The molecular weight excluding hydrogens is 378 g/mol. The molecule has 0 amide bonds. The van der Waals surface area contributed by atoms with Gasteiger partial charge in [0, 0.05) is 10.8 Å². The molecule has 0 aromatic heterocycles. The monoisotopic (exact) mass is 397 g/mol. The van der Waals surface area contributed by atoms with Gasteiger partial charge >= 0.3 is 0 Å². The molecule has 0 bridgehead atoms. The van der Waals surface area contributed by atoms with Gasteiger partial charge in [-0.05, 0) is 44.5 Å². The van der Waals surface area contributed by atoms with Crippen molar-refractivity contribution in [1.82, 2.24) is 0 Å². The molecule has 6 aromatic carbocycles. The second-order valence-electron chi connectivity index (χ2n) is 7.74. The second-order valence-corrected chi connectivity index (χ2v) is 7.74. The van der Waals surface area contributed by atoms with E-state index in [-0.39, 0.29) is 0 Å². The first-order valence-corrected chi connectivity index (χ1v) is 10.3. The predicted octanol–water partition coefficient (Wildman–Crippen LogP) is 8.30. The van der Waals surface area contributed by atoms with Gasteiger partial charge in [-0.2, -0.15) is 0 Å². The minimum absolute atomic E-state index is 0.622. The van der Waals surface area contributed by atoms with E-state index in [1.165, 1.54) is 26.9 Å². The van der Waals surface area contributed by atoms with E-state index in [1.54, 1.807) is 0 Å². The molecule has 146 valence electrons. The van der Waals surface area contributed by atoms with Crippen LogP contribution in [-0.2, 0) is 0 Å². The number of hydrogen-bond acceptors (Lipinski definition) is 3. The molecular formula is C28H19N3. The van der Waals surface area contributed by atoms with Crippen molar-refractivity contribution >= 4 is 60.2 Å². The number of nitrogens with two attached hydrogens (primary N) is 1. The summed E-state index contributed by atoms with van der Waals surface area (Å²) in [6, 6.07) is 35.3. The maximum absolute atomic E-state index is 6.33. The largest absolute Gasteiger partial charge is 0.397 e. The van der Waals surface area contributed by atoms with E-state index in [0.29, 0.717) is 11.4 Å². The summed E-state index contributed by atoms with van der Waals surface area (Å²) in [7, 11) is 0. The summed E-state index contributed by atoms with van der Waals surface area (Å²) in [5.74, 6) is 0. The van der Waals surface area contributed by atoms with Crippen molar-refractivity contribution in [2.75, 3.05) is 5.73 Å². The Bertz CT molecular complexity index is 1650. The van der Waals surface area contributed by atoms with Gasteiger partial charge in [0.1, 0.15) is 5.69 Å². The highest BCUT2D eigenvalue weighted by atomic mass is 15.1. The normalized spacial score (nSPS) is 11.9. The van der Waals surface area contributed by atoms with Crippen LogP contribution in [0.5, 0.6) is 0 Å². The van der Waals surface area contributed by atoms with E-state index in [2.05, 4.69) is 95.2 Å². The van der Waals surface area contributed by atoms with Crippen LogP contribution in [0.1, 0.15) is 0 Å². The molecule has 0 atom stereocenters. The quantitative estimate of drug-likeness (QED) is 0.178. The highest BCUT2D eigenvalue weighted by Gasteiger charge is 2.09. The number of benzene rings is 6. The number of nitrogen functional groups attached to an aromatic ring is 1. The van der Waals surface area contributed by atoms with E-state index >= 15 is 0 Å². The van der Waals surface area contributed by atoms with E-state index in [0.717, 1.165) is 21.8 Å². The van der Waals surface area contributed by atoms with Crippen LogP contribution in [0.15, 0.2) is 113 Å². The van der Waals surface area contributed by atoms with Crippen molar-refractivity contribution in [3.8, 4) is 0 Å². The predicted molar refractivity (Wildman–Crippen MR) is 131 cm³/mol. The lowest BCUT2D eigenvalue weighted by atomic mass is 10.0. The Morgan fingerprint density at radius 2 is 1.00 bits per heavy atom. The van der Waals surface area contributed by atoms with E-state index < -0.39 is 0 Å². The highest BCUT2D eigenvalue weighted by molar-refractivity contribution is 6.13. The van der Waals surface area contributed by atoms with Crippen molar-refractivity contribution in [2.45, 2.75) is 0 Å². The summed E-state index contributed by atoms with van der Waals surface area (Å²) < 4.78 is 0. The van der Waals surface area contributed by atoms with Crippen molar-refractivity contribution in [1.29, 1.82) is 0 Å². The van der Waals surface area contributed by atoms with Crippen LogP contribution >= 0.6 is 0 Å². The molecule has 0 heterocycles. The number of azo groups is 1. The molecule has 0 saturated heterocycles. The molecule has 3 heteroatoms. The standard InChI is InChI=1S/C28H19N3/c29-26-17-16-23-21-9-4-2-7-19(21)13-15-25(23)28(26)31-30-27-11-5-10-22-20-8-3-1-6-18(20)12-14-24(22)27/h1-17H,29H2. The third-order valence-corrected chi connectivity index (χ3v) is 5.95. The SMILES string of the molecule is Nc1ccc2c(ccc3ccccc32)c1N=Nc1cccc2c1ccc1ccccc12. The lowest BCUT2D eigenvalue weighted by Crippen LogP contribution is -1.87. The molecule has 0 radical (unpaired) electrons. The Hall–Kier alpha value is -4.24. The zero-order valence-electron chi connectivity index (χ0n) is 16.8. The Morgan fingerprint density at radius 3 is 1.74 bits per heavy atom. The smallest absolute Gasteiger partial charge is 0.116 e. The molecule has 0 aliphatic heterocycles. The van der Waals surface area contributed by atoms with E-state index in [9.17, 15) is 0 Å². The average molecular weight is 397 g/mol. The van der Waals surface area contributed by atoms with Crippen molar-refractivity contribution in [3.05, 3.63) is 103 Å². The Morgan fingerprint density at radius 1 is 0.419 bits per heavy atom. The van der Waals surface area contributed by atoms with Crippen LogP contribution in [0.25, 0.3) is 43.1 Å². The zero-order chi connectivity index (χ0) is 20.8. The molecule has 0 unspecified atom stereocenters. The van der Waals surface area contributed by atoms with Gasteiger partial charge < -0.3 is 5.73 Å². The fourth-order valence-electron chi connectivity index (χ4n) is 4.42. The van der Waals surface area contributed by atoms with Crippen LogP contribution in [0.2, 0.25) is 0 Å². The van der Waals surface area contributed by atoms with Gasteiger partial charge in [0.05, 0.1) is 11.4 Å². The van der Waals surface area contributed by atoms with Crippen LogP contribution in [-0.4, -0.2) is 0 Å². The molecule has 0 fully saturated rings. The molecule has 6 aromatic rings. The summed E-state index contributed by atoms with van der Waals surface area (Å²) in [4.78, 5) is 0. The summed E-state index contributed by atoms with van der Waals surface area (Å²) in [6.07, 6.45) is 0. The van der Waals surface area contributed by atoms with Crippen LogP contribution in [0.4, 0.5) is 17.1 Å². The third kappa shape index (κ3) is 2.82. The average Bonchev–Trinajstić information content (AvgIpc) is 2.83. The minimum Gasteiger partial charge on any atom is -0.397 e. The Kier molecular flexibility index (Phi) is 3.93. The Labute approximate surface area is 179 Å². The summed E-state index contributed by atoms with van der Waals surface area (Å²) in [5.41, 5.74) is 8.49. The van der Waals surface area contributed by atoms with Gasteiger partial charge in [-0.25, -0.2) is 0 Å². The van der Waals surface area contributed by atoms with Gasteiger partial charge in [-0.1, -0.05) is 91.0 Å². The van der Waals surface area contributed by atoms with Crippen molar-refractivity contribution < 1.29 is 0 Å². The number of anilines is 1. The van der Waals surface area contributed by atoms with Gasteiger partial charge in [-0.3, -0.25) is 0 Å². The van der Waals surface area contributed by atoms with Gasteiger partial charge in [-0.15, -0.1) is 10.2 Å². The lowest BCUT2D eigenvalue weighted by Gasteiger charge is -2.09. The molecule has 0 saturated carbocycles. The van der Waals surface area contributed by atoms with Crippen LogP contribution in [0, 0.1) is 0 Å². The molecule has 0 spiro atoms. The minimum atomic E-state index is 0.622. The number of rotatable bonds is 2. The number of hydrogen-bond donors (Lipinski definition) is 1. The summed E-state index contributed by atoms with van der Waals surface area (Å²) in [6.45, 7) is 0. The zero-order valence-corrected chi connectivity index (χ0v) is 16.8. The van der Waals surface area contributed by atoms with Crippen molar-refractivity contribution in [2.24, 2.45) is 10.2 Å². The molecule has 6 rings (SSSR count). The molecule has 0 aliphatic carbocycles. The van der Waals surface area contributed by atoms with Gasteiger partial charge in [0.2, 0.25) is 0 Å². The first-order valence-electron chi connectivity index (χ1n) is 10.3. The van der Waals surface area contributed by atoms with E-state index in [4.69, 9.17) is 5.73 Å². The highest BCUT2D eigenvalue weighted by Crippen LogP contribution is 2.38. The molecule has 31 heavy (non-hydrogen) atoms. The fraction of sp³-hybridized carbons (Fsp3) is 0. The van der Waals surface area contributed by atoms with Crippen molar-refractivity contribution in [3.63, 3.8) is 0 Å². The Balaban J connectivity index is 1.55. The molecule has 0 aliphatic rings. The summed E-state index contributed by atoms with van der Waals surface area (Å²) in [5, 5.41) is 18.5. The number of fused-ring (bicyclic) bond motifs is 6. The first kappa shape index (κ1) is 17.6. The first-order chi connectivity index (χ1) is 15.3. The maximum atomic E-state index is 6.33. The van der Waals surface area contributed by atoms with Gasteiger partial charge in [0.15, 0.2) is 0 Å². The second kappa shape index (κ2) is 6.92. The topological polar surface area (TPSA) is 50.7 Å². The maximum Gasteiger partial charge on any atom is 0.116 e. The molecule has 2 N–H and O–H groups in total.